The lowest BCUT2D eigenvalue weighted by molar-refractivity contribution is 0.198. The van der Waals surface area contributed by atoms with Crippen LogP contribution < -0.4 is 10.6 Å². The molecule has 2 rings (SSSR count). The average Bonchev–Trinajstić information content (AvgIpc) is 2.64. The van der Waals surface area contributed by atoms with Crippen LogP contribution in [0.2, 0.25) is 5.02 Å². The monoisotopic (exact) mass is 240 g/mol. The zero-order valence-corrected chi connectivity index (χ0v) is 10.1. The van der Waals surface area contributed by atoms with E-state index in [9.17, 15) is 5.11 Å². The van der Waals surface area contributed by atoms with Gasteiger partial charge in [-0.3, -0.25) is 0 Å². The summed E-state index contributed by atoms with van der Waals surface area (Å²) in [6.45, 7) is 3.46. The normalized spacial score (nSPS) is 22.5. The molecule has 0 amide bonds. The lowest BCUT2D eigenvalue weighted by atomic mass is 10.1. The summed E-state index contributed by atoms with van der Waals surface area (Å²) in [5.41, 5.74) is 7.82. The van der Waals surface area contributed by atoms with Crippen LogP contribution in [0.15, 0.2) is 18.2 Å². The lowest BCUT2D eigenvalue weighted by Crippen LogP contribution is -2.21. The molecule has 0 bridgehead atoms. The molecule has 88 valence electrons. The molecule has 1 aliphatic heterocycles. The molecule has 1 heterocycles. The van der Waals surface area contributed by atoms with Crippen LogP contribution in [0.1, 0.15) is 24.9 Å². The van der Waals surface area contributed by atoms with E-state index in [1.807, 2.05) is 25.1 Å². The van der Waals surface area contributed by atoms with Crippen LogP contribution in [-0.2, 0) is 0 Å². The van der Waals surface area contributed by atoms with Crippen molar-refractivity contribution in [3.63, 3.8) is 0 Å². The number of halogens is 1. The van der Waals surface area contributed by atoms with Gasteiger partial charge in [0.2, 0.25) is 0 Å². The Balaban J connectivity index is 2.22. The fourth-order valence-electron chi connectivity index (χ4n) is 2.02. The van der Waals surface area contributed by atoms with Crippen molar-refractivity contribution in [2.45, 2.75) is 25.5 Å². The molecular weight excluding hydrogens is 224 g/mol. The molecule has 3 nitrogen and oxygen atoms in total. The number of aliphatic hydroxyl groups excluding tert-OH is 1. The predicted molar refractivity (Wildman–Crippen MR) is 66.9 cm³/mol. The number of benzene rings is 1. The summed E-state index contributed by atoms with van der Waals surface area (Å²) in [7, 11) is 0. The third-order valence-corrected chi connectivity index (χ3v) is 3.30. The topological polar surface area (TPSA) is 49.5 Å². The first-order valence-electron chi connectivity index (χ1n) is 5.56. The van der Waals surface area contributed by atoms with Gasteiger partial charge < -0.3 is 15.7 Å². The Morgan fingerprint density at radius 3 is 2.81 bits per heavy atom. The number of β-amino-alcohol motifs (C(OH)–C–C–N with tert-alkyl or cyclic N) is 1. The maximum atomic E-state index is 9.49. The number of nitrogens with zero attached hydrogens (tertiary/aromatic N) is 1. The Hall–Kier alpha value is -0.770. The fraction of sp³-hybridized carbons (Fsp3) is 0.500. The molecule has 1 aromatic rings. The van der Waals surface area contributed by atoms with Crippen molar-refractivity contribution in [1.29, 1.82) is 0 Å². The van der Waals surface area contributed by atoms with Crippen LogP contribution in [0.25, 0.3) is 0 Å². The van der Waals surface area contributed by atoms with Gasteiger partial charge in [0, 0.05) is 19.1 Å². The summed E-state index contributed by atoms with van der Waals surface area (Å²) in [4.78, 5) is 2.11. The highest BCUT2D eigenvalue weighted by Crippen LogP contribution is 2.30. The van der Waals surface area contributed by atoms with Crippen molar-refractivity contribution >= 4 is 17.3 Å². The molecule has 3 N–H and O–H groups in total. The number of anilines is 1. The highest BCUT2D eigenvalue weighted by molar-refractivity contribution is 6.33. The van der Waals surface area contributed by atoms with Crippen molar-refractivity contribution in [2.24, 2.45) is 5.73 Å². The van der Waals surface area contributed by atoms with Gasteiger partial charge in [0.05, 0.1) is 16.8 Å². The Morgan fingerprint density at radius 2 is 2.31 bits per heavy atom. The number of aliphatic hydroxyl groups is 1. The molecule has 2 atom stereocenters. The highest BCUT2D eigenvalue weighted by atomic mass is 35.5. The minimum Gasteiger partial charge on any atom is -0.391 e. The summed E-state index contributed by atoms with van der Waals surface area (Å²) in [6.07, 6.45) is 0.579. The maximum Gasteiger partial charge on any atom is 0.0731 e. The van der Waals surface area contributed by atoms with E-state index in [2.05, 4.69) is 4.90 Å². The number of hydrogen-bond donors (Lipinski definition) is 2. The number of nitrogens with two attached hydrogens (primary N) is 1. The molecule has 0 aliphatic carbocycles. The minimum absolute atomic E-state index is 0.00396. The Bertz CT molecular complexity index is 381. The van der Waals surface area contributed by atoms with Crippen LogP contribution >= 0.6 is 11.6 Å². The van der Waals surface area contributed by atoms with E-state index < -0.39 is 0 Å². The molecule has 16 heavy (non-hydrogen) atoms. The maximum absolute atomic E-state index is 9.49. The van der Waals surface area contributed by atoms with E-state index in [4.69, 9.17) is 17.3 Å². The third-order valence-electron chi connectivity index (χ3n) is 3.00. The van der Waals surface area contributed by atoms with Crippen molar-refractivity contribution in [1.82, 2.24) is 0 Å². The minimum atomic E-state index is -0.232. The second kappa shape index (κ2) is 4.62. The van der Waals surface area contributed by atoms with Crippen LogP contribution in [-0.4, -0.2) is 24.3 Å². The third kappa shape index (κ3) is 2.32. The summed E-state index contributed by atoms with van der Waals surface area (Å²) in [6, 6.07) is 5.89. The van der Waals surface area contributed by atoms with Gasteiger partial charge in [0.15, 0.2) is 0 Å². The molecule has 1 fully saturated rings. The number of rotatable bonds is 2. The predicted octanol–water partition coefficient (Wildman–Crippen LogP) is 1.93. The SMILES string of the molecule is C[C@H](N)c1ccc(N2CCC(O)C2)c(Cl)c1. The standard InChI is InChI=1S/C12H17ClN2O/c1-8(14)9-2-3-12(11(13)6-9)15-5-4-10(16)7-15/h2-3,6,8,10,16H,4-5,7,14H2,1H3/t8-,10?/m0/s1. The van der Waals surface area contributed by atoms with Gasteiger partial charge in [0.25, 0.3) is 0 Å². The van der Waals surface area contributed by atoms with Crippen LogP contribution in [0, 0.1) is 0 Å². The van der Waals surface area contributed by atoms with Gasteiger partial charge in [-0.1, -0.05) is 17.7 Å². The van der Waals surface area contributed by atoms with Crippen molar-refractivity contribution in [2.75, 3.05) is 18.0 Å². The summed E-state index contributed by atoms with van der Waals surface area (Å²) in [5, 5.41) is 10.2. The van der Waals surface area contributed by atoms with E-state index in [1.54, 1.807) is 0 Å². The summed E-state index contributed by atoms with van der Waals surface area (Å²) >= 11 is 6.22. The van der Waals surface area contributed by atoms with Crippen LogP contribution in [0.5, 0.6) is 0 Å². The molecule has 0 radical (unpaired) electrons. The van der Waals surface area contributed by atoms with E-state index in [1.165, 1.54) is 0 Å². The first kappa shape index (κ1) is 11.7. The van der Waals surface area contributed by atoms with E-state index in [-0.39, 0.29) is 12.1 Å². The zero-order chi connectivity index (χ0) is 11.7. The summed E-state index contributed by atoms with van der Waals surface area (Å²) in [5.74, 6) is 0. The molecule has 0 spiro atoms. The summed E-state index contributed by atoms with van der Waals surface area (Å²) < 4.78 is 0. The quantitative estimate of drug-likeness (QED) is 0.831. The molecule has 0 saturated carbocycles. The second-order valence-corrected chi connectivity index (χ2v) is 4.80. The van der Waals surface area contributed by atoms with Gasteiger partial charge in [-0.05, 0) is 31.0 Å². The lowest BCUT2D eigenvalue weighted by Gasteiger charge is -2.20. The fourth-order valence-corrected chi connectivity index (χ4v) is 2.33. The molecule has 1 aromatic carbocycles. The van der Waals surface area contributed by atoms with Crippen molar-refractivity contribution in [3.05, 3.63) is 28.8 Å². The zero-order valence-electron chi connectivity index (χ0n) is 9.36. The first-order valence-corrected chi connectivity index (χ1v) is 5.94. The number of hydrogen-bond acceptors (Lipinski definition) is 3. The average molecular weight is 241 g/mol. The van der Waals surface area contributed by atoms with Gasteiger partial charge in [-0.15, -0.1) is 0 Å². The van der Waals surface area contributed by atoms with E-state index >= 15 is 0 Å². The Labute approximate surface area is 101 Å². The molecule has 1 unspecified atom stereocenters. The first-order chi connectivity index (χ1) is 7.58. The highest BCUT2D eigenvalue weighted by Gasteiger charge is 2.22. The van der Waals surface area contributed by atoms with Crippen LogP contribution in [0.4, 0.5) is 5.69 Å². The molecule has 1 saturated heterocycles. The van der Waals surface area contributed by atoms with Gasteiger partial charge >= 0.3 is 0 Å². The Morgan fingerprint density at radius 1 is 1.56 bits per heavy atom. The van der Waals surface area contributed by atoms with Gasteiger partial charge in [-0.2, -0.15) is 0 Å². The molecule has 0 aromatic heterocycles. The van der Waals surface area contributed by atoms with Gasteiger partial charge in [-0.25, -0.2) is 0 Å². The van der Waals surface area contributed by atoms with Crippen LogP contribution in [0.3, 0.4) is 0 Å². The molecule has 4 heteroatoms. The molecule has 1 aliphatic rings. The largest absolute Gasteiger partial charge is 0.391 e. The smallest absolute Gasteiger partial charge is 0.0731 e. The van der Waals surface area contributed by atoms with Crippen molar-refractivity contribution in [3.8, 4) is 0 Å². The van der Waals surface area contributed by atoms with E-state index in [0.717, 1.165) is 24.2 Å². The van der Waals surface area contributed by atoms with E-state index in [0.29, 0.717) is 11.6 Å². The van der Waals surface area contributed by atoms with Gasteiger partial charge in [0.1, 0.15) is 0 Å². The Kier molecular flexibility index (Phi) is 3.38. The van der Waals surface area contributed by atoms with Crippen molar-refractivity contribution < 1.29 is 5.11 Å². The molecular formula is C12H17ClN2O. The second-order valence-electron chi connectivity index (χ2n) is 4.39.